The van der Waals surface area contributed by atoms with E-state index in [0.717, 1.165) is 8.95 Å². The van der Waals surface area contributed by atoms with Gasteiger partial charge in [-0.15, -0.1) is 0 Å². The monoisotopic (exact) mass is 418 g/mol. The largest absolute Gasteiger partial charge is 0.495 e. The van der Waals surface area contributed by atoms with E-state index in [9.17, 15) is 9.59 Å². The predicted molar refractivity (Wildman–Crippen MR) is 87.6 cm³/mol. The number of nitrogens with one attached hydrogen (secondary N) is 1. The van der Waals surface area contributed by atoms with E-state index >= 15 is 0 Å². The van der Waals surface area contributed by atoms with E-state index in [1.807, 2.05) is 6.92 Å². The van der Waals surface area contributed by atoms with Crippen LogP contribution in [0.2, 0.25) is 0 Å². The summed E-state index contributed by atoms with van der Waals surface area (Å²) in [7, 11) is 1.55. The average Bonchev–Trinajstić information content (AvgIpc) is 2.43. The van der Waals surface area contributed by atoms with Crippen LogP contribution in [0.5, 0.6) is 5.75 Å². The van der Waals surface area contributed by atoms with Crippen LogP contribution in [0.4, 0.5) is 5.69 Å². The molecule has 1 aromatic rings. The highest BCUT2D eigenvalue weighted by molar-refractivity contribution is 9.11. The minimum absolute atomic E-state index is 0.00217. The van der Waals surface area contributed by atoms with E-state index in [4.69, 9.17) is 4.74 Å². The lowest BCUT2D eigenvalue weighted by Crippen LogP contribution is -2.65. The Kier molecular flexibility index (Phi) is 4.63. The van der Waals surface area contributed by atoms with Gasteiger partial charge >= 0.3 is 0 Å². The van der Waals surface area contributed by atoms with Crippen LogP contribution in [0.1, 0.15) is 20.3 Å². The molecule has 0 bridgehead atoms. The number of rotatable bonds is 3. The van der Waals surface area contributed by atoms with Gasteiger partial charge in [0.15, 0.2) is 0 Å². The summed E-state index contributed by atoms with van der Waals surface area (Å²) < 4.78 is 6.76. The number of methoxy groups -OCH3 is 1. The quantitative estimate of drug-likeness (QED) is 0.819. The Bertz CT molecular complexity index is 606. The average molecular weight is 420 g/mol. The molecule has 2 amide bonds. The van der Waals surface area contributed by atoms with Crippen molar-refractivity contribution < 1.29 is 14.3 Å². The highest BCUT2D eigenvalue weighted by atomic mass is 79.9. The molecule has 1 fully saturated rings. The van der Waals surface area contributed by atoms with Crippen LogP contribution in [0.3, 0.4) is 0 Å². The first-order valence-electron chi connectivity index (χ1n) is 6.48. The molecule has 1 saturated heterocycles. The SMILES string of the molecule is CCC1(C)NC(=O)CN(c2cc(OC)c(Br)cc2Br)C1=O. The summed E-state index contributed by atoms with van der Waals surface area (Å²) in [6.45, 7) is 3.61. The number of carbonyl (C=O) groups excluding carboxylic acids is 2. The highest BCUT2D eigenvalue weighted by Gasteiger charge is 2.42. The first-order valence-corrected chi connectivity index (χ1v) is 8.07. The molecular weight excluding hydrogens is 404 g/mol. The number of hydrogen-bond donors (Lipinski definition) is 1. The van der Waals surface area contributed by atoms with Crippen molar-refractivity contribution in [3.05, 3.63) is 21.1 Å². The molecule has 1 aromatic carbocycles. The second-order valence-electron chi connectivity index (χ2n) is 5.06. The second-order valence-corrected chi connectivity index (χ2v) is 6.77. The number of hydrogen-bond acceptors (Lipinski definition) is 3. The molecule has 7 heteroatoms. The van der Waals surface area contributed by atoms with Crippen molar-refractivity contribution >= 4 is 49.4 Å². The Labute approximate surface area is 140 Å². The van der Waals surface area contributed by atoms with E-state index < -0.39 is 5.54 Å². The number of anilines is 1. The highest BCUT2D eigenvalue weighted by Crippen LogP contribution is 2.38. The van der Waals surface area contributed by atoms with Gasteiger partial charge in [-0.25, -0.2) is 0 Å². The minimum atomic E-state index is -0.880. The fourth-order valence-corrected chi connectivity index (χ4v) is 3.60. The lowest BCUT2D eigenvalue weighted by molar-refractivity contribution is -0.135. The number of piperazine rings is 1. The number of ether oxygens (including phenoxy) is 1. The van der Waals surface area contributed by atoms with Gasteiger partial charge in [0.2, 0.25) is 5.91 Å². The summed E-state index contributed by atoms with van der Waals surface area (Å²) in [5.41, 5.74) is -0.260. The van der Waals surface area contributed by atoms with Gasteiger partial charge in [-0.3, -0.25) is 14.5 Å². The number of nitrogens with zero attached hydrogens (tertiary/aromatic N) is 1. The Morgan fingerprint density at radius 3 is 2.57 bits per heavy atom. The van der Waals surface area contributed by atoms with Gasteiger partial charge in [0.05, 0.1) is 17.3 Å². The van der Waals surface area contributed by atoms with Crippen molar-refractivity contribution in [2.45, 2.75) is 25.8 Å². The van der Waals surface area contributed by atoms with E-state index in [1.165, 1.54) is 4.90 Å². The van der Waals surface area contributed by atoms with Crippen LogP contribution in [0, 0.1) is 0 Å². The number of benzene rings is 1. The zero-order valence-electron chi connectivity index (χ0n) is 12.0. The molecule has 0 saturated carbocycles. The number of carbonyl (C=O) groups is 2. The van der Waals surface area contributed by atoms with Crippen LogP contribution in [0.15, 0.2) is 21.1 Å². The summed E-state index contributed by atoms with van der Waals surface area (Å²) in [5, 5.41) is 2.77. The fraction of sp³-hybridized carbons (Fsp3) is 0.429. The third-order valence-corrected chi connectivity index (χ3v) is 4.91. The van der Waals surface area contributed by atoms with Crippen molar-refractivity contribution in [3.63, 3.8) is 0 Å². The van der Waals surface area contributed by atoms with Gasteiger partial charge < -0.3 is 10.1 Å². The normalized spacial score (nSPS) is 22.2. The predicted octanol–water partition coefficient (Wildman–Crippen LogP) is 2.85. The molecule has 2 rings (SSSR count). The molecule has 0 aromatic heterocycles. The first-order chi connectivity index (χ1) is 9.82. The maximum Gasteiger partial charge on any atom is 0.252 e. The van der Waals surface area contributed by atoms with Crippen LogP contribution < -0.4 is 15.0 Å². The van der Waals surface area contributed by atoms with E-state index in [2.05, 4.69) is 37.2 Å². The molecule has 0 aliphatic carbocycles. The summed E-state index contributed by atoms with van der Waals surface area (Å²) in [6, 6.07) is 3.54. The summed E-state index contributed by atoms with van der Waals surface area (Å²) in [6.07, 6.45) is 0.527. The summed E-state index contributed by atoms with van der Waals surface area (Å²) in [4.78, 5) is 26.1. The molecule has 1 atom stereocenters. The molecule has 1 unspecified atom stereocenters. The van der Waals surface area contributed by atoms with Crippen LogP contribution in [0.25, 0.3) is 0 Å². The van der Waals surface area contributed by atoms with E-state index in [-0.39, 0.29) is 18.4 Å². The molecule has 1 heterocycles. The summed E-state index contributed by atoms with van der Waals surface area (Å²) in [5.74, 6) is 0.299. The second kappa shape index (κ2) is 5.96. The van der Waals surface area contributed by atoms with Crippen LogP contribution in [-0.2, 0) is 9.59 Å². The van der Waals surface area contributed by atoms with Gasteiger partial charge in [-0.1, -0.05) is 6.92 Å². The topological polar surface area (TPSA) is 58.6 Å². The van der Waals surface area contributed by atoms with Gasteiger partial charge in [-0.2, -0.15) is 0 Å². The third kappa shape index (κ3) is 2.94. The molecule has 1 aliphatic rings. The lowest BCUT2D eigenvalue weighted by atomic mass is 9.94. The standard InChI is InChI=1S/C14H16Br2N2O3/c1-4-14(2)13(20)18(7-12(19)17-14)10-6-11(21-3)9(16)5-8(10)15/h5-6H,4,7H2,1-3H3,(H,17,19). The lowest BCUT2D eigenvalue weighted by Gasteiger charge is -2.39. The van der Waals surface area contributed by atoms with Crippen LogP contribution >= 0.6 is 31.9 Å². The van der Waals surface area contributed by atoms with Gasteiger partial charge in [0, 0.05) is 10.5 Å². The molecule has 1 N–H and O–H groups in total. The van der Waals surface area contributed by atoms with Crippen LogP contribution in [-0.4, -0.2) is 31.0 Å². The van der Waals surface area contributed by atoms with Crippen molar-refractivity contribution in [1.82, 2.24) is 5.32 Å². The molecule has 1 aliphatic heterocycles. The molecule has 0 spiro atoms. The zero-order chi connectivity index (χ0) is 15.8. The van der Waals surface area contributed by atoms with Crippen molar-refractivity contribution in [2.75, 3.05) is 18.6 Å². The summed E-state index contributed by atoms with van der Waals surface area (Å²) >= 11 is 6.83. The van der Waals surface area contributed by atoms with Gasteiger partial charge in [0.25, 0.3) is 5.91 Å². The molecule has 114 valence electrons. The number of amides is 2. The Hall–Kier alpha value is -1.08. The van der Waals surface area contributed by atoms with Crippen molar-refractivity contribution in [1.29, 1.82) is 0 Å². The fourth-order valence-electron chi connectivity index (χ4n) is 2.23. The number of halogens is 2. The van der Waals surface area contributed by atoms with Crippen molar-refractivity contribution in [2.24, 2.45) is 0 Å². The maximum absolute atomic E-state index is 12.7. The third-order valence-electron chi connectivity index (χ3n) is 3.65. The smallest absolute Gasteiger partial charge is 0.252 e. The Balaban J connectivity index is 2.50. The van der Waals surface area contributed by atoms with Gasteiger partial charge in [0.1, 0.15) is 17.8 Å². The first kappa shape index (κ1) is 16.3. The van der Waals surface area contributed by atoms with Crippen molar-refractivity contribution in [3.8, 4) is 5.75 Å². The van der Waals surface area contributed by atoms with Gasteiger partial charge in [-0.05, 0) is 51.3 Å². The Morgan fingerprint density at radius 2 is 2.00 bits per heavy atom. The molecule has 5 nitrogen and oxygen atoms in total. The Morgan fingerprint density at radius 1 is 1.33 bits per heavy atom. The molecular formula is C14H16Br2N2O3. The maximum atomic E-state index is 12.7. The molecule has 0 radical (unpaired) electrons. The molecule has 21 heavy (non-hydrogen) atoms. The zero-order valence-corrected chi connectivity index (χ0v) is 15.2. The van der Waals surface area contributed by atoms with E-state index in [0.29, 0.717) is 17.9 Å². The van der Waals surface area contributed by atoms with E-state index in [1.54, 1.807) is 26.2 Å². The minimum Gasteiger partial charge on any atom is -0.495 e.